The van der Waals surface area contributed by atoms with Crippen LogP contribution < -0.4 is 10.1 Å². The summed E-state index contributed by atoms with van der Waals surface area (Å²) in [4.78, 5) is 0. The van der Waals surface area contributed by atoms with Gasteiger partial charge in [-0.2, -0.15) is 0 Å². The van der Waals surface area contributed by atoms with Crippen LogP contribution in [0.3, 0.4) is 0 Å². The van der Waals surface area contributed by atoms with Gasteiger partial charge in [0.25, 0.3) is 0 Å². The number of halogens is 1. The number of nitrogens with one attached hydrogen (secondary N) is 1. The minimum Gasteiger partial charge on any atom is -0.494 e. The Kier molecular flexibility index (Phi) is 5.26. The summed E-state index contributed by atoms with van der Waals surface area (Å²) in [7, 11) is 1.48. The maximum atomic E-state index is 13.4. The molecule has 0 heterocycles. The summed E-state index contributed by atoms with van der Waals surface area (Å²) >= 11 is 0. The van der Waals surface area contributed by atoms with Crippen molar-refractivity contribution in [3.63, 3.8) is 0 Å². The summed E-state index contributed by atoms with van der Waals surface area (Å²) < 4.78 is 18.3. The van der Waals surface area contributed by atoms with Crippen molar-refractivity contribution in [1.82, 2.24) is 5.32 Å². The van der Waals surface area contributed by atoms with E-state index in [1.54, 1.807) is 12.1 Å². The fourth-order valence-corrected chi connectivity index (χ4v) is 1.70. The van der Waals surface area contributed by atoms with Gasteiger partial charge in [0, 0.05) is 6.04 Å². The van der Waals surface area contributed by atoms with Crippen LogP contribution in [0.4, 0.5) is 4.39 Å². The van der Waals surface area contributed by atoms with E-state index in [1.807, 2.05) is 6.07 Å². The number of ether oxygens (including phenoxy) is 1. The topological polar surface area (TPSA) is 21.3 Å². The van der Waals surface area contributed by atoms with Crippen molar-refractivity contribution in [2.75, 3.05) is 13.7 Å². The van der Waals surface area contributed by atoms with Crippen LogP contribution in [-0.2, 0) is 6.42 Å². The van der Waals surface area contributed by atoms with E-state index in [1.165, 1.54) is 7.11 Å². The molecule has 1 atom stereocenters. The summed E-state index contributed by atoms with van der Waals surface area (Å²) in [5.74, 6) is 0.0274. The number of aryl methyl sites for hydroxylation is 1. The first-order valence-corrected chi connectivity index (χ1v) is 5.73. The molecular formula is C13H20FNO. The second-order valence-electron chi connectivity index (χ2n) is 3.97. The van der Waals surface area contributed by atoms with Crippen LogP contribution in [0.5, 0.6) is 5.75 Å². The molecule has 0 aliphatic rings. The normalized spacial score (nSPS) is 12.5. The van der Waals surface area contributed by atoms with Gasteiger partial charge in [0.2, 0.25) is 0 Å². The quantitative estimate of drug-likeness (QED) is 0.803. The average Bonchev–Trinajstić information content (AvgIpc) is 2.27. The minimum atomic E-state index is -0.281. The Morgan fingerprint density at radius 1 is 1.44 bits per heavy atom. The van der Waals surface area contributed by atoms with Crippen LogP contribution >= 0.6 is 0 Å². The molecule has 0 aliphatic heterocycles. The van der Waals surface area contributed by atoms with Crippen LogP contribution in [0.15, 0.2) is 18.2 Å². The predicted octanol–water partition coefficient (Wildman–Crippen LogP) is 2.76. The molecule has 2 nitrogen and oxygen atoms in total. The van der Waals surface area contributed by atoms with E-state index in [0.29, 0.717) is 11.8 Å². The second-order valence-corrected chi connectivity index (χ2v) is 3.97. The van der Waals surface area contributed by atoms with Gasteiger partial charge in [-0.15, -0.1) is 0 Å². The molecule has 1 unspecified atom stereocenters. The summed E-state index contributed by atoms with van der Waals surface area (Å²) in [6.07, 6.45) is 1.90. The molecule has 0 aromatic heterocycles. The third kappa shape index (κ3) is 3.81. The zero-order valence-electron chi connectivity index (χ0n) is 10.2. The van der Waals surface area contributed by atoms with E-state index in [0.717, 1.165) is 24.9 Å². The van der Waals surface area contributed by atoms with Crippen molar-refractivity contribution < 1.29 is 9.13 Å². The lowest BCUT2D eigenvalue weighted by Gasteiger charge is -2.12. The molecule has 1 rings (SSSR count). The van der Waals surface area contributed by atoms with E-state index >= 15 is 0 Å². The van der Waals surface area contributed by atoms with Gasteiger partial charge in [-0.3, -0.25) is 0 Å². The van der Waals surface area contributed by atoms with Gasteiger partial charge in [0.15, 0.2) is 11.6 Å². The number of benzene rings is 1. The molecule has 0 spiro atoms. The van der Waals surface area contributed by atoms with Crippen LogP contribution in [0.2, 0.25) is 0 Å². The van der Waals surface area contributed by atoms with Crippen LogP contribution in [-0.4, -0.2) is 19.7 Å². The standard InChI is InChI=1S/C13H20FNO/c1-4-15-10(2)5-6-11-7-8-13(16-3)12(14)9-11/h7-10,15H,4-6H2,1-3H3. The molecule has 0 saturated heterocycles. The SMILES string of the molecule is CCNC(C)CCc1ccc(OC)c(F)c1. The average molecular weight is 225 g/mol. The molecular weight excluding hydrogens is 205 g/mol. The Hall–Kier alpha value is -1.09. The van der Waals surface area contributed by atoms with Gasteiger partial charge >= 0.3 is 0 Å². The summed E-state index contributed by atoms with van der Waals surface area (Å²) in [6, 6.07) is 5.62. The molecule has 1 aromatic rings. The Labute approximate surface area is 96.8 Å². The Balaban J connectivity index is 2.51. The highest BCUT2D eigenvalue weighted by molar-refractivity contribution is 5.29. The van der Waals surface area contributed by atoms with Gasteiger partial charge in [-0.05, 0) is 44.0 Å². The first-order valence-electron chi connectivity index (χ1n) is 5.73. The Morgan fingerprint density at radius 2 is 2.19 bits per heavy atom. The molecule has 3 heteroatoms. The smallest absolute Gasteiger partial charge is 0.165 e. The van der Waals surface area contributed by atoms with Crippen molar-refractivity contribution in [3.05, 3.63) is 29.6 Å². The third-order valence-corrected chi connectivity index (χ3v) is 2.63. The summed E-state index contributed by atoms with van der Waals surface area (Å²) in [5, 5.41) is 3.33. The molecule has 0 radical (unpaired) electrons. The maximum absolute atomic E-state index is 13.4. The van der Waals surface area contributed by atoms with E-state index < -0.39 is 0 Å². The highest BCUT2D eigenvalue weighted by Gasteiger charge is 2.05. The summed E-state index contributed by atoms with van der Waals surface area (Å²) in [5.41, 5.74) is 1.02. The lowest BCUT2D eigenvalue weighted by atomic mass is 10.1. The molecule has 0 amide bonds. The molecule has 0 saturated carbocycles. The molecule has 0 bridgehead atoms. The first-order chi connectivity index (χ1) is 7.67. The molecule has 0 aliphatic carbocycles. The monoisotopic (exact) mass is 225 g/mol. The van der Waals surface area contributed by atoms with Crippen LogP contribution in [0, 0.1) is 5.82 Å². The minimum absolute atomic E-state index is 0.281. The molecule has 0 fully saturated rings. The van der Waals surface area contributed by atoms with E-state index in [4.69, 9.17) is 4.74 Å². The fraction of sp³-hybridized carbons (Fsp3) is 0.538. The van der Waals surface area contributed by atoms with Gasteiger partial charge in [0.05, 0.1) is 7.11 Å². The van der Waals surface area contributed by atoms with Crippen molar-refractivity contribution in [2.24, 2.45) is 0 Å². The molecule has 1 aromatic carbocycles. The number of hydrogen-bond donors (Lipinski definition) is 1. The number of rotatable bonds is 6. The lowest BCUT2D eigenvalue weighted by Crippen LogP contribution is -2.25. The number of hydrogen-bond acceptors (Lipinski definition) is 2. The van der Waals surface area contributed by atoms with Crippen molar-refractivity contribution in [2.45, 2.75) is 32.7 Å². The van der Waals surface area contributed by atoms with Crippen molar-refractivity contribution in [1.29, 1.82) is 0 Å². The van der Waals surface area contributed by atoms with Gasteiger partial charge in [0.1, 0.15) is 0 Å². The van der Waals surface area contributed by atoms with Crippen LogP contribution in [0.1, 0.15) is 25.8 Å². The highest BCUT2D eigenvalue weighted by atomic mass is 19.1. The van der Waals surface area contributed by atoms with Crippen molar-refractivity contribution in [3.8, 4) is 5.75 Å². The zero-order valence-corrected chi connectivity index (χ0v) is 10.2. The second kappa shape index (κ2) is 6.48. The van der Waals surface area contributed by atoms with Gasteiger partial charge in [-0.1, -0.05) is 13.0 Å². The van der Waals surface area contributed by atoms with Crippen LogP contribution in [0.25, 0.3) is 0 Å². The number of methoxy groups -OCH3 is 1. The van der Waals surface area contributed by atoms with E-state index in [-0.39, 0.29) is 5.82 Å². The highest BCUT2D eigenvalue weighted by Crippen LogP contribution is 2.18. The van der Waals surface area contributed by atoms with Gasteiger partial charge < -0.3 is 10.1 Å². The molecule has 90 valence electrons. The summed E-state index contributed by atoms with van der Waals surface area (Å²) in [6.45, 7) is 5.20. The van der Waals surface area contributed by atoms with E-state index in [9.17, 15) is 4.39 Å². The lowest BCUT2D eigenvalue weighted by molar-refractivity contribution is 0.386. The Bertz CT molecular complexity index is 328. The third-order valence-electron chi connectivity index (χ3n) is 2.63. The zero-order chi connectivity index (χ0) is 12.0. The van der Waals surface area contributed by atoms with Gasteiger partial charge in [-0.25, -0.2) is 4.39 Å². The van der Waals surface area contributed by atoms with Crippen molar-refractivity contribution >= 4 is 0 Å². The Morgan fingerprint density at radius 3 is 2.75 bits per heavy atom. The molecule has 1 N–H and O–H groups in total. The first kappa shape index (κ1) is 13.0. The van der Waals surface area contributed by atoms with E-state index in [2.05, 4.69) is 19.2 Å². The fourth-order valence-electron chi connectivity index (χ4n) is 1.70. The maximum Gasteiger partial charge on any atom is 0.165 e. The predicted molar refractivity (Wildman–Crippen MR) is 64.4 cm³/mol. The molecule has 16 heavy (non-hydrogen) atoms. The largest absolute Gasteiger partial charge is 0.494 e.